The molecule has 0 radical (unpaired) electrons. The summed E-state index contributed by atoms with van der Waals surface area (Å²) in [5, 5.41) is 8.45. The van der Waals surface area contributed by atoms with E-state index in [1.807, 2.05) is 30.3 Å². The monoisotopic (exact) mass is 244 g/mol. The maximum Gasteiger partial charge on any atom is 0.247 e. The molecule has 86 valence electrons. The summed E-state index contributed by atoms with van der Waals surface area (Å²) in [7, 11) is 0. The summed E-state index contributed by atoms with van der Waals surface area (Å²) in [4.78, 5) is 10.3. The van der Waals surface area contributed by atoms with Crippen molar-refractivity contribution in [2.45, 2.75) is 6.92 Å². The van der Waals surface area contributed by atoms with Crippen molar-refractivity contribution < 1.29 is 27.0 Å². The molecule has 0 aliphatic carbocycles. The Hall–Kier alpha value is -1.31. The molecule has 2 aromatic rings. The predicted octanol–water partition coefficient (Wildman–Crippen LogP) is 2.82. The van der Waals surface area contributed by atoms with Gasteiger partial charge in [0.1, 0.15) is 0 Å². The van der Waals surface area contributed by atoms with Crippen molar-refractivity contribution >= 4 is 5.97 Å². The van der Waals surface area contributed by atoms with Crippen molar-refractivity contribution in [2.75, 3.05) is 0 Å². The smallest absolute Gasteiger partial charge is 0.247 e. The standard InChI is InChI=1S/C7H7O2.C5H5.Fe/c1-5-3-2-4-6(5)7(8)9;1-2-4-5-3-1;/h2-4H,1H3,(H,8,9);1-5H;/q-1;-5;. The van der Waals surface area contributed by atoms with Crippen LogP contribution >= 0.6 is 0 Å². The molecule has 0 aliphatic heterocycles. The number of carbonyl (C=O) groups is 1. The van der Waals surface area contributed by atoms with E-state index in [-0.39, 0.29) is 17.1 Å². The molecule has 2 aromatic carbocycles. The van der Waals surface area contributed by atoms with E-state index < -0.39 is 5.97 Å². The number of rotatable bonds is 1. The van der Waals surface area contributed by atoms with Crippen LogP contribution in [0.1, 0.15) is 15.9 Å². The third kappa shape index (κ3) is 4.63. The van der Waals surface area contributed by atoms with Crippen molar-refractivity contribution in [1.29, 1.82) is 0 Å². The molecule has 0 saturated heterocycles. The summed E-state index contributed by atoms with van der Waals surface area (Å²) in [5.41, 5.74) is 1.22. The van der Waals surface area contributed by atoms with Gasteiger partial charge in [-0.25, -0.2) is 0 Å². The fourth-order valence-electron chi connectivity index (χ4n) is 1.07. The third-order valence-corrected chi connectivity index (χ3v) is 1.82. The van der Waals surface area contributed by atoms with Gasteiger partial charge in [-0.1, -0.05) is 12.5 Å². The Morgan fingerprint density at radius 2 is 1.73 bits per heavy atom. The molecule has 0 fully saturated rings. The largest absolute Gasteiger partial charge is 0.748 e. The van der Waals surface area contributed by atoms with Gasteiger partial charge in [-0.3, -0.25) is 0 Å². The Labute approximate surface area is 99.8 Å². The minimum Gasteiger partial charge on any atom is -0.748 e. The Bertz CT molecular complexity index is 357. The maximum absolute atomic E-state index is 10.3. The summed E-state index contributed by atoms with van der Waals surface area (Å²) < 4.78 is 0. The molecule has 0 amide bonds. The normalized spacial score (nSPS) is 8.33. The van der Waals surface area contributed by atoms with Crippen molar-refractivity contribution in [3.63, 3.8) is 0 Å². The van der Waals surface area contributed by atoms with Gasteiger partial charge >= 0.3 is 0 Å². The van der Waals surface area contributed by atoms with Crippen LogP contribution in [0, 0.1) is 6.92 Å². The van der Waals surface area contributed by atoms with Crippen LogP contribution < -0.4 is 0 Å². The Kier molecular flexibility index (Phi) is 6.43. The summed E-state index contributed by atoms with van der Waals surface area (Å²) in [6.07, 6.45) is 0. The number of carboxylic acids is 1. The van der Waals surface area contributed by atoms with E-state index >= 15 is 0 Å². The van der Waals surface area contributed by atoms with Gasteiger partial charge in [-0.2, -0.15) is 18.2 Å². The number of hydrogen-bond acceptors (Lipinski definition) is 1. The maximum atomic E-state index is 10.3. The van der Waals surface area contributed by atoms with Crippen LogP contribution in [0.15, 0.2) is 48.5 Å². The van der Waals surface area contributed by atoms with Crippen LogP contribution in [0.25, 0.3) is 0 Å². The zero-order valence-electron chi connectivity index (χ0n) is 8.33. The fourth-order valence-corrected chi connectivity index (χ4v) is 1.07. The zero-order chi connectivity index (χ0) is 10.4. The van der Waals surface area contributed by atoms with E-state index in [4.69, 9.17) is 5.11 Å². The van der Waals surface area contributed by atoms with E-state index in [1.54, 1.807) is 25.1 Å². The van der Waals surface area contributed by atoms with Gasteiger partial charge < -0.3 is 40.2 Å². The minimum atomic E-state index is -0.850. The summed E-state index contributed by atoms with van der Waals surface area (Å²) in [6.45, 7) is 1.78. The average Bonchev–Trinajstić information content (AvgIpc) is 2.74. The first-order chi connectivity index (χ1) is 6.72. The average molecular weight is 244 g/mol. The SMILES string of the molecule is C[c-]1cccc1C(=O)O.[Fe].[cH-]1[cH-][cH-][cH-][cH-]1. The second kappa shape index (κ2) is 7.04. The Balaban J connectivity index is 0.000000280. The van der Waals surface area contributed by atoms with E-state index in [0.29, 0.717) is 5.56 Å². The van der Waals surface area contributed by atoms with Gasteiger partial charge in [0.2, 0.25) is 5.97 Å². The number of aromatic carboxylic acids is 1. The molecule has 0 spiro atoms. The Morgan fingerprint density at radius 3 is 1.93 bits per heavy atom. The second-order valence-corrected chi connectivity index (χ2v) is 2.89. The molecule has 1 N–H and O–H groups in total. The fraction of sp³-hybridized carbons (Fsp3) is 0.0833. The van der Waals surface area contributed by atoms with Crippen LogP contribution in [0.5, 0.6) is 0 Å². The van der Waals surface area contributed by atoms with Gasteiger partial charge in [-0.15, -0.1) is 5.56 Å². The molecule has 2 nitrogen and oxygen atoms in total. The van der Waals surface area contributed by atoms with Gasteiger partial charge in [0, 0.05) is 17.1 Å². The van der Waals surface area contributed by atoms with Crippen LogP contribution in [-0.2, 0) is 17.1 Å². The second-order valence-electron chi connectivity index (χ2n) is 2.89. The van der Waals surface area contributed by atoms with E-state index in [1.165, 1.54) is 0 Å². The quantitative estimate of drug-likeness (QED) is 0.618. The molecule has 3 heteroatoms. The first-order valence-electron chi connectivity index (χ1n) is 4.34. The summed E-state index contributed by atoms with van der Waals surface area (Å²) in [5.74, 6) is -0.850. The molecule has 15 heavy (non-hydrogen) atoms. The topological polar surface area (TPSA) is 37.3 Å². The first-order valence-corrected chi connectivity index (χ1v) is 4.34. The van der Waals surface area contributed by atoms with Crippen LogP contribution in [0.4, 0.5) is 0 Å². The number of carboxylic acid groups (broad SMARTS) is 1. The molecule has 0 unspecified atom stereocenters. The minimum absolute atomic E-state index is 0. The number of hydrogen-bond donors (Lipinski definition) is 1. The van der Waals surface area contributed by atoms with Crippen molar-refractivity contribution in [3.8, 4) is 0 Å². The molecular weight excluding hydrogens is 232 g/mol. The van der Waals surface area contributed by atoms with Crippen LogP contribution in [0.3, 0.4) is 0 Å². The Morgan fingerprint density at radius 1 is 1.27 bits per heavy atom. The van der Waals surface area contributed by atoms with E-state index in [2.05, 4.69) is 0 Å². The predicted molar refractivity (Wildman–Crippen MR) is 55.8 cm³/mol. The molecule has 2 rings (SSSR count). The van der Waals surface area contributed by atoms with E-state index in [9.17, 15) is 4.79 Å². The third-order valence-electron chi connectivity index (χ3n) is 1.82. The summed E-state index contributed by atoms with van der Waals surface area (Å²) in [6, 6.07) is 15.1. The molecule has 0 bridgehead atoms. The van der Waals surface area contributed by atoms with Gasteiger partial charge in [0.15, 0.2) is 0 Å². The van der Waals surface area contributed by atoms with E-state index in [0.717, 1.165) is 5.56 Å². The molecule has 0 aromatic heterocycles. The molecular formula is C12H12FeO2-6. The first kappa shape index (κ1) is 13.7. The molecule has 0 heterocycles. The van der Waals surface area contributed by atoms with Crippen LogP contribution in [-0.4, -0.2) is 11.1 Å². The summed E-state index contributed by atoms with van der Waals surface area (Å²) >= 11 is 0. The molecule has 0 aliphatic rings. The molecule has 0 saturated carbocycles. The molecule has 0 atom stereocenters. The van der Waals surface area contributed by atoms with Crippen molar-refractivity contribution in [2.24, 2.45) is 0 Å². The van der Waals surface area contributed by atoms with Crippen LogP contribution in [0.2, 0.25) is 0 Å². The van der Waals surface area contributed by atoms with Crippen molar-refractivity contribution in [3.05, 3.63) is 59.7 Å². The van der Waals surface area contributed by atoms with Gasteiger partial charge in [-0.05, 0) is 0 Å². The van der Waals surface area contributed by atoms with Crippen molar-refractivity contribution in [1.82, 2.24) is 0 Å². The number of aryl methyl sites for hydroxylation is 1. The van der Waals surface area contributed by atoms with Gasteiger partial charge in [0.05, 0.1) is 0 Å². The van der Waals surface area contributed by atoms with Gasteiger partial charge in [0.25, 0.3) is 0 Å². The zero-order valence-corrected chi connectivity index (χ0v) is 9.43.